The molecule has 0 aliphatic heterocycles. The van der Waals surface area contributed by atoms with Crippen LogP contribution in [0.25, 0.3) is 0 Å². The molecule has 2 N–H and O–H groups in total. The van der Waals surface area contributed by atoms with Gasteiger partial charge in [0.15, 0.2) is 0 Å². The van der Waals surface area contributed by atoms with Crippen LogP contribution in [0.2, 0.25) is 0 Å². The van der Waals surface area contributed by atoms with Gasteiger partial charge in [0.25, 0.3) is 10.0 Å². The van der Waals surface area contributed by atoms with Crippen LogP contribution in [0.5, 0.6) is 0 Å². The molecule has 21 heavy (non-hydrogen) atoms. The van der Waals surface area contributed by atoms with E-state index in [1.165, 1.54) is 0 Å². The lowest BCUT2D eigenvalue weighted by Crippen LogP contribution is -2.14. The van der Waals surface area contributed by atoms with Crippen LogP contribution in [0.15, 0.2) is 60.1 Å². The summed E-state index contributed by atoms with van der Waals surface area (Å²) < 4.78 is 26.9. The molecule has 0 bridgehead atoms. The number of benzene rings is 1. The number of nitrogens with one attached hydrogen (secondary N) is 2. The zero-order chi connectivity index (χ0) is 15.3. The highest BCUT2D eigenvalue weighted by Gasteiger charge is 2.14. The first-order chi connectivity index (χ1) is 10.0. The summed E-state index contributed by atoms with van der Waals surface area (Å²) in [4.78, 5) is 4.30. The van der Waals surface area contributed by atoms with E-state index in [-0.39, 0.29) is 10.7 Å². The van der Waals surface area contributed by atoms with E-state index in [1.54, 1.807) is 42.6 Å². The fourth-order valence-electron chi connectivity index (χ4n) is 1.73. The van der Waals surface area contributed by atoms with E-state index in [0.29, 0.717) is 6.54 Å². The molecule has 0 saturated heterocycles. The maximum absolute atomic E-state index is 12.2. The molecule has 6 heteroatoms. The number of anilines is 2. The normalized spacial score (nSPS) is 10.9. The summed E-state index contributed by atoms with van der Waals surface area (Å²) in [7, 11) is -3.61. The van der Waals surface area contributed by atoms with Crippen molar-refractivity contribution >= 4 is 21.5 Å². The fourth-order valence-corrected chi connectivity index (χ4v) is 2.84. The Kier molecular flexibility index (Phi) is 4.59. The number of pyridine rings is 1. The molecule has 1 aromatic carbocycles. The minimum Gasteiger partial charge on any atom is -0.380 e. The van der Waals surface area contributed by atoms with Gasteiger partial charge in [0.1, 0.15) is 5.82 Å². The third-order valence-corrected chi connectivity index (χ3v) is 4.11. The molecule has 0 amide bonds. The molecule has 0 unspecified atom stereocenters. The SMILES string of the molecule is C=CCNc1ccc(NS(=O)(=O)c2cccc(C)c2)nc1. The summed E-state index contributed by atoms with van der Waals surface area (Å²) in [6.45, 7) is 6.07. The molecule has 0 aliphatic carbocycles. The van der Waals surface area contributed by atoms with Gasteiger partial charge in [-0.15, -0.1) is 6.58 Å². The lowest BCUT2D eigenvalue weighted by atomic mass is 10.2. The van der Waals surface area contributed by atoms with Gasteiger partial charge in [0.2, 0.25) is 0 Å². The van der Waals surface area contributed by atoms with E-state index in [9.17, 15) is 8.42 Å². The van der Waals surface area contributed by atoms with Crippen molar-refractivity contribution in [2.45, 2.75) is 11.8 Å². The van der Waals surface area contributed by atoms with Gasteiger partial charge in [-0.1, -0.05) is 18.2 Å². The van der Waals surface area contributed by atoms with Gasteiger partial charge in [-0.05, 0) is 36.8 Å². The summed E-state index contributed by atoms with van der Waals surface area (Å²) in [6, 6.07) is 10.1. The van der Waals surface area contributed by atoms with Crippen molar-refractivity contribution < 1.29 is 8.42 Å². The van der Waals surface area contributed by atoms with Crippen molar-refractivity contribution in [3.63, 3.8) is 0 Å². The third-order valence-electron chi connectivity index (χ3n) is 2.75. The van der Waals surface area contributed by atoms with Crippen molar-refractivity contribution in [3.05, 3.63) is 60.8 Å². The first-order valence-electron chi connectivity index (χ1n) is 6.41. The number of hydrogen-bond donors (Lipinski definition) is 2. The predicted molar refractivity (Wildman–Crippen MR) is 84.9 cm³/mol. The van der Waals surface area contributed by atoms with E-state index in [1.807, 2.05) is 13.0 Å². The van der Waals surface area contributed by atoms with E-state index in [4.69, 9.17) is 0 Å². The Morgan fingerprint density at radius 3 is 2.71 bits per heavy atom. The molecular weight excluding hydrogens is 286 g/mol. The lowest BCUT2D eigenvalue weighted by molar-refractivity contribution is 0.601. The molecule has 110 valence electrons. The van der Waals surface area contributed by atoms with Crippen molar-refractivity contribution in [1.82, 2.24) is 4.98 Å². The molecule has 0 atom stereocenters. The largest absolute Gasteiger partial charge is 0.380 e. The number of sulfonamides is 1. The van der Waals surface area contributed by atoms with Gasteiger partial charge < -0.3 is 5.32 Å². The van der Waals surface area contributed by atoms with Crippen LogP contribution in [0, 0.1) is 6.92 Å². The smallest absolute Gasteiger partial charge is 0.263 e. The lowest BCUT2D eigenvalue weighted by Gasteiger charge is -2.09. The maximum atomic E-state index is 12.2. The number of rotatable bonds is 6. The van der Waals surface area contributed by atoms with E-state index in [2.05, 4.69) is 21.6 Å². The van der Waals surface area contributed by atoms with Crippen LogP contribution >= 0.6 is 0 Å². The van der Waals surface area contributed by atoms with Crippen molar-refractivity contribution in [2.75, 3.05) is 16.6 Å². The van der Waals surface area contributed by atoms with E-state index >= 15 is 0 Å². The summed E-state index contributed by atoms with van der Waals surface area (Å²) >= 11 is 0. The number of aromatic nitrogens is 1. The summed E-state index contributed by atoms with van der Waals surface area (Å²) in [5.41, 5.74) is 1.68. The monoisotopic (exact) mass is 303 g/mol. The second-order valence-corrected chi connectivity index (χ2v) is 6.21. The molecular formula is C15H17N3O2S. The Balaban J connectivity index is 2.15. The summed E-state index contributed by atoms with van der Waals surface area (Å²) in [6.07, 6.45) is 3.30. The molecule has 0 spiro atoms. The summed E-state index contributed by atoms with van der Waals surface area (Å²) in [5.74, 6) is 0.278. The van der Waals surface area contributed by atoms with Crippen LogP contribution in [0.4, 0.5) is 11.5 Å². The Labute approximate surface area is 124 Å². The fraction of sp³-hybridized carbons (Fsp3) is 0.133. The molecule has 1 aromatic heterocycles. The predicted octanol–water partition coefficient (Wildman–Crippen LogP) is 2.79. The number of aryl methyl sites for hydroxylation is 1. The average molecular weight is 303 g/mol. The third kappa shape index (κ3) is 4.06. The molecule has 0 saturated carbocycles. The quantitative estimate of drug-likeness (QED) is 0.805. The van der Waals surface area contributed by atoms with Gasteiger partial charge >= 0.3 is 0 Å². The zero-order valence-electron chi connectivity index (χ0n) is 11.7. The first-order valence-corrected chi connectivity index (χ1v) is 7.90. The van der Waals surface area contributed by atoms with Crippen molar-refractivity contribution in [3.8, 4) is 0 Å². The molecule has 0 aliphatic rings. The zero-order valence-corrected chi connectivity index (χ0v) is 12.5. The molecule has 5 nitrogen and oxygen atoms in total. The van der Waals surface area contributed by atoms with E-state index < -0.39 is 10.0 Å². The minimum absolute atomic E-state index is 0.221. The summed E-state index contributed by atoms with van der Waals surface area (Å²) in [5, 5.41) is 3.07. The Bertz CT molecular complexity index is 725. The topological polar surface area (TPSA) is 71.1 Å². The van der Waals surface area contributed by atoms with Gasteiger partial charge in [-0.25, -0.2) is 13.4 Å². The number of hydrogen-bond acceptors (Lipinski definition) is 4. The van der Waals surface area contributed by atoms with Gasteiger partial charge in [0, 0.05) is 6.54 Å². The maximum Gasteiger partial charge on any atom is 0.263 e. The first kappa shape index (κ1) is 15.1. The minimum atomic E-state index is -3.61. The average Bonchev–Trinajstić information content (AvgIpc) is 2.46. The molecule has 1 heterocycles. The highest BCUT2D eigenvalue weighted by Crippen LogP contribution is 2.16. The second-order valence-electron chi connectivity index (χ2n) is 4.52. The molecule has 2 rings (SSSR count). The van der Waals surface area contributed by atoms with Crippen LogP contribution in [0.3, 0.4) is 0 Å². The standard InChI is InChI=1S/C15H17N3O2S/c1-3-9-16-13-7-8-15(17-11-13)18-21(19,20)14-6-4-5-12(2)10-14/h3-8,10-11,16H,1,9H2,2H3,(H,17,18). The van der Waals surface area contributed by atoms with Crippen LogP contribution in [-0.2, 0) is 10.0 Å². The van der Waals surface area contributed by atoms with Gasteiger partial charge in [-0.2, -0.15) is 0 Å². The highest BCUT2D eigenvalue weighted by molar-refractivity contribution is 7.92. The van der Waals surface area contributed by atoms with Gasteiger partial charge in [-0.3, -0.25) is 4.72 Å². The van der Waals surface area contributed by atoms with Crippen LogP contribution in [0.1, 0.15) is 5.56 Å². The Morgan fingerprint density at radius 2 is 2.10 bits per heavy atom. The Morgan fingerprint density at radius 1 is 1.29 bits per heavy atom. The van der Waals surface area contributed by atoms with Crippen molar-refractivity contribution in [1.29, 1.82) is 0 Å². The number of nitrogens with zero attached hydrogens (tertiary/aromatic N) is 1. The Hall–Kier alpha value is -2.34. The van der Waals surface area contributed by atoms with Crippen LogP contribution in [-0.4, -0.2) is 19.9 Å². The second kappa shape index (κ2) is 6.41. The van der Waals surface area contributed by atoms with Crippen LogP contribution < -0.4 is 10.0 Å². The van der Waals surface area contributed by atoms with Gasteiger partial charge in [0.05, 0.1) is 16.8 Å². The van der Waals surface area contributed by atoms with E-state index in [0.717, 1.165) is 11.3 Å². The van der Waals surface area contributed by atoms with Crippen molar-refractivity contribution in [2.24, 2.45) is 0 Å². The molecule has 0 fully saturated rings. The molecule has 0 radical (unpaired) electrons. The molecule has 2 aromatic rings. The highest BCUT2D eigenvalue weighted by atomic mass is 32.2.